The third-order valence-corrected chi connectivity index (χ3v) is 3.28. The number of hydrogen-bond donors (Lipinski definition) is 0. The maximum atomic E-state index is 12.1. The molecule has 3 aromatic rings. The van der Waals surface area contributed by atoms with Crippen LogP contribution in [0.15, 0.2) is 34.9 Å². The van der Waals surface area contributed by atoms with E-state index in [2.05, 4.69) is 15.2 Å². The van der Waals surface area contributed by atoms with Crippen LogP contribution in [0.5, 0.6) is 0 Å². The van der Waals surface area contributed by atoms with E-state index in [0.29, 0.717) is 10.8 Å². The lowest BCUT2D eigenvalue weighted by Crippen LogP contribution is -2.07. The van der Waals surface area contributed by atoms with Crippen LogP contribution in [0.2, 0.25) is 5.02 Å². The van der Waals surface area contributed by atoms with Crippen molar-refractivity contribution in [2.24, 2.45) is 0 Å². The molecule has 0 aliphatic rings. The minimum atomic E-state index is -0.565. The fraction of sp³-hybridized carbons (Fsp3) is 0.200. The Balaban J connectivity index is 1.76. The summed E-state index contributed by atoms with van der Waals surface area (Å²) in [6.07, 6.45) is 0. The first-order valence-electron chi connectivity index (χ1n) is 6.82. The molecule has 0 aliphatic heterocycles. The van der Waals surface area contributed by atoms with Crippen LogP contribution >= 0.6 is 11.6 Å². The summed E-state index contributed by atoms with van der Waals surface area (Å²) in [5, 5.41) is 8.47. The van der Waals surface area contributed by atoms with Gasteiger partial charge in [0.2, 0.25) is 0 Å². The Morgan fingerprint density at radius 2 is 2.17 bits per heavy atom. The predicted octanol–water partition coefficient (Wildman–Crippen LogP) is 2.88. The van der Waals surface area contributed by atoms with Crippen molar-refractivity contribution in [2.75, 3.05) is 0 Å². The molecule has 8 heteroatoms. The fourth-order valence-electron chi connectivity index (χ4n) is 2.04. The van der Waals surface area contributed by atoms with E-state index in [4.69, 9.17) is 20.9 Å². The summed E-state index contributed by atoms with van der Waals surface area (Å²) in [4.78, 5) is 16.0. The number of carbonyl (C=O) groups is 1. The molecule has 0 amide bonds. The third-order valence-electron chi connectivity index (χ3n) is 3.05. The number of carbonyl (C=O) groups excluding carboxylic acids is 1. The van der Waals surface area contributed by atoms with Gasteiger partial charge in [-0.15, -0.1) is 0 Å². The molecular formula is C15H13ClN4O3. The summed E-state index contributed by atoms with van der Waals surface area (Å²) in [5.74, 6) is 0.156. The van der Waals surface area contributed by atoms with Gasteiger partial charge in [-0.1, -0.05) is 22.8 Å². The summed E-state index contributed by atoms with van der Waals surface area (Å²) in [5.41, 5.74) is 1.74. The number of nitrogens with zero attached hydrogens (tertiary/aromatic N) is 4. The lowest BCUT2D eigenvalue weighted by atomic mass is 10.3. The number of benzene rings is 1. The van der Waals surface area contributed by atoms with Crippen LogP contribution in [-0.2, 0) is 11.3 Å². The first-order valence-corrected chi connectivity index (χ1v) is 7.19. The number of ether oxygens (including phenoxy) is 1. The van der Waals surface area contributed by atoms with E-state index in [1.165, 1.54) is 0 Å². The SMILES string of the molecule is Cc1noc(COC(=O)c2cc(C)n(-c3cccc(Cl)c3)n2)n1. The second-order valence-electron chi connectivity index (χ2n) is 4.87. The summed E-state index contributed by atoms with van der Waals surface area (Å²) < 4.78 is 11.6. The maximum Gasteiger partial charge on any atom is 0.359 e. The lowest BCUT2D eigenvalue weighted by molar-refractivity contribution is 0.0422. The Hall–Kier alpha value is -2.67. The Bertz CT molecular complexity index is 856. The van der Waals surface area contributed by atoms with Gasteiger partial charge < -0.3 is 9.26 Å². The van der Waals surface area contributed by atoms with Crippen LogP contribution in [0.25, 0.3) is 5.69 Å². The van der Waals surface area contributed by atoms with Crippen LogP contribution in [0.4, 0.5) is 0 Å². The molecule has 0 atom stereocenters. The van der Waals surface area contributed by atoms with Crippen molar-refractivity contribution in [1.82, 2.24) is 19.9 Å². The topological polar surface area (TPSA) is 83.0 Å². The van der Waals surface area contributed by atoms with Crippen molar-refractivity contribution in [2.45, 2.75) is 20.5 Å². The number of halogens is 1. The lowest BCUT2D eigenvalue weighted by Gasteiger charge is -2.04. The van der Waals surface area contributed by atoms with E-state index in [1.54, 1.807) is 29.8 Å². The van der Waals surface area contributed by atoms with E-state index in [9.17, 15) is 4.79 Å². The van der Waals surface area contributed by atoms with Crippen LogP contribution in [-0.4, -0.2) is 25.9 Å². The molecule has 23 heavy (non-hydrogen) atoms. The highest BCUT2D eigenvalue weighted by Gasteiger charge is 2.16. The maximum absolute atomic E-state index is 12.1. The first-order chi connectivity index (χ1) is 11.0. The molecule has 0 saturated heterocycles. The van der Waals surface area contributed by atoms with Crippen molar-refractivity contribution in [3.63, 3.8) is 0 Å². The largest absolute Gasteiger partial charge is 0.451 e. The van der Waals surface area contributed by atoms with Gasteiger partial charge in [0.1, 0.15) is 0 Å². The molecule has 0 saturated carbocycles. The molecule has 2 aromatic heterocycles. The molecule has 2 heterocycles. The Kier molecular flexibility index (Phi) is 4.12. The Morgan fingerprint density at radius 1 is 1.35 bits per heavy atom. The molecule has 0 unspecified atom stereocenters. The number of esters is 1. The number of rotatable bonds is 4. The average molecular weight is 333 g/mol. The summed E-state index contributed by atoms with van der Waals surface area (Å²) >= 11 is 5.98. The van der Waals surface area contributed by atoms with Crippen LogP contribution in [0.3, 0.4) is 0 Å². The van der Waals surface area contributed by atoms with Gasteiger partial charge in [0.25, 0.3) is 5.89 Å². The van der Waals surface area contributed by atoms with Crippen molar-refractivity contribution >= 4 is 17.6 Å². The highest BCUT2D eigenvalue weighted by atomic mass is 35.5. The molecule has 1 aromatic carbocycles. The standard InChI is InChI=1S/C15H13ClN4O3/c1-9-6-13(15(21)22-8-14-17-10(2)19-23-14)18-20(9)12-5-3-4-11(16)7-12/h3-7H,8H2,1-2H3. The Labute approximate surface area is 136 Å². The van der Waals surface area contributed by atoms with Crippen LogP contribution in [0, 0.1) is 13.8 Å². The van der Waals surface area contributed by atoms with Crippen molar-refractivity contribution in [1.29, 1.82) is 0 Å². The van der Waals surface area contributed by atoms with Gasteiger partial charge in [-0.2, -0.15) is 10.1 Å². The molecule has 118 valence electrons. The van der Waals surface area contributed by atoms with Gasteiger partial charge in [-0.3, -0.25) is 0 Å². The number of aryl methyl sites for hydroxylation is 2. The van der Waals surface area contributed by atoms with E-state index in [0.717, 1.165) is 11.4 Å². The average Bonchev–Trinajstić information content (AvgIpc) is 3.11. The van der Waals surface area contributed by atoms with E-state index >= 15 is 0 Å². The molecule has 7 nitrogen and oxygen atoms in total. The second-order valence-corrected chi connectivity index (χ2v) is 5.31. The molecule has 0 N–H and O–H groups in total. The normalized spacial score (nSPS) is 10.7. The molecule has 0 aliphatic carbocycles. The minimum Gasteiger partial charge on any atom is -0.451 e. The third kappa shape index (κ3) is 3.40. The van der Waals surface area contributed by atoms with Crippen LogP contribution in [0.1, 0.15) is 27.9 Å². The van der Waals surface area contributed by atoms with Gasteiger partial charge in [0.15, 0.2) is 18.1 Å². The highest BCUT2D eigenvalue weighted by Crippen LogP contribution is 2.17. The van der Waals surface area contributed by atoms with E-state index < -0.39 is 5.97 Å². The van der Waals surface area contributed by atoms with Gasteiger partial charge in [0, 0.05) is 10.7 Å². The zero-order chi connectivity index (χ0) is 16.4. The molecule has 0 bridgehead atoms. The zero-order valence-electron chi connectivity index (χ0n) is 12.5. The fourth-order valence-corrected chi connectivity index (χ4v) is 2.23. The van der Waals surface area contributed by atoms with Gasteiger partial charge in [-0.05, 0) is 38.1 Å². The zero-order valence-corrected chi connectivity index (χ0v) is 13.2. The van der Waals surface area contributed by atoms with Gasteiger partial charge in [0.05, 0.1) is 5.69 Å². The molecular weight excluding hydrogens is 320 g/mol. The van der Waals surface area contributed by atoms with E-state index in [1.807, 2.05) is 19.1 Å². The van der Waals surface area contributed by atoms with Crippen molar-refractivity contribution in [3.8, 4) is 5.69 Å². The molecule has 0 fully saturated rings. The minimum absolute atomic E-state index is 0.0945. The summed E-state index contributed by atoms with van der Waals surface area (Å²) in [6.45, 7) is 3.43. The summed E-state index contributed by atoms with van der Waals surface area (Å²) in [7, 11) is 0. The van der Waals surface area contributed by atoms with E-state index in [-0.39, 0.29) is 18.2 Å². The number of hydrogen-bond acceptors (Lipinski definition) is 6. The van der Waals surface area contributed by atoms with Crippen molar-refractivity contribution in [3.05, 3.63) is 58.5 Å². The van der Waals surface area contributed by atoms with Gasteiger partial charge >= 0.3 is 5.97 Å². The quantitative estimate of drug-likeness (QED) is 0.683. The van der Waals surface area contributed by atoms with Crippen LogP contribution < -0.4 is 0 Å². The molecule has 3 rings (SSSR count). The Morgan fingerprint density at radius 3 is 2.87 bits per heavy atom. The van der Waals surface area contributed by atoms with Crippen molar-refractivity contribution < 1.29 is 14.1 Å². The highest BCUT2D eigenvalue weighted by molar-refractivity contribution is 6.30. The monoisotopic (exact) mass is 332 g/mol. The first kappa shape index (κ1) is 15.2. The smallest absolute Gasteiger partial charge is 0.359 e. The predicted molar refractivity (Wildman–Crippen MR) is 81.5 cm³/mol. The van der Waals surface area contributed by atoms with Gasteiger partial charge in [-0.25, -0.2) is 9.48 Å². The molecule has 0 spiro atoms. The second kappa shape index (κ2) is 6.21. The number of aromatic nitrogens is 4. The summed E-state index contributed by atoms with van der Waals surface area (Å²) in [6, 6.07) is 8.84. The molecule has 0 radical (unpaired) electrons.